The number of epoxide rings is 1. The molecule has 0 aromatic carbocycles. The molecule has 1 rings (SSSR count). The Morgan fingerprint density at radius 1 is 1.75 bits per heavy atom. The molecule has 1 aliphatic heterocycles. The largest absolute Gasteiger partial charge is 1.00 e. The van der Waals surface area contributed by atoms with Crippen LogP contribution in [0.15, 0.2) is 6.58 Å². The van der Waals surface area contributed by atoms with Crippen LogP contribution in [0.4, 0.5) is 0 Å². The monoisotopic (exact) mass is 104 g/mol. The van der Waals surface area contributed by atoms with Gasteiger partial charge < -0.3 is 10.8 Å². The molecule has 0 saturated carbocycles. The summed E-state index contributed by atoms with van der Waals surface area (Å²) in [6.45, 7) is 4.44. The average Bonchev–Trinajstić information content (AvgIpc) is 2.42. The van der Waals surface area contributed by atoms with E-state index in [1.54, 1.807) is 0 Å². The Kier molecular flexibility index (Phi) is 4.36. The molecule has 1 atom stereocenters. The van der Waals surface area contributed by atoms with Gasteiger partial charge in [-0.25, -0.2) is 0 Å². The van der Waals surface area contributed by atoms with Crippen LogP contribution in [0.5, 0.6) is 0 Å². The molecule has 0 aromatic rings. The standard InChI is InChI=1S/C6H9O.Li/c1-2-3-4-6-5-7-6;/h6H,1,3-5H2;/q-1;+1. The van der Waals surface area contributed by atoms with Crippen molar-refractivity contribution in [3.8, 4) is 0 Å². The van der Waals surface area contributed by atoms with Crippen molar-refractivity contribution >= 4 is 0 Å². The molecule has 0 aromatic heterocycles. The summed E-state index contributed by atoms with van der Waals surface area (Å²) in [6, 6.07) is 0. The number of hydrogen-bond acceptors (Lipinski definition) is 1. The Morgan fingerprint density at radius 3 is 2.75 bits per heavy atom. The summed E-state index contributed by atoms with van der Waals surface area (Å²) in [5.74, 6) is 0. The Hall–Kier alpha value is 0.297. The van der Waals surface area contributed by atoms with Gasteiger partial charge in [-0.2, -0.15) is 6.42 Å². The summed E-state index contributed by atoms with van der Waals surface area (Å²) in [6.07, 6.45) is 5.45. The Labute approximate surface area is 62.3 Å². The average molecular weight is 104 g/mol. The molecule has 0 amide bonds. The van der Waals surface area contributed by atoms with Crippen molar-refractivity contribution in [2.45, 2.75) is 18.9 Å². The molecule has 1 nitrogen and oxygen atoms in total. The van der Waals surface area contributed by atoms with Gasteiger partial charge in [0, 0.05) is 0 Å². The van der Waals surface area contributed by atoms with E-state index >= 15 is 0 Å². The fourth-order valence-electron chi connectivity index (χ4n) is 0.498. The van der Waals surface area contributed by atoms with Crippen molar-refractivity contribution in [1.29, 1.82) is 0 Å². The molecule has 1 aliphatic rings. The van der Waals surface area contributed by atoms with Crippen molar-refractivity contribution in [3.05, 3.63) is 12.7 Å². The first-order valence-corrected chi connectivity index (χ1v) is 2.55. The normalized spacial score (nSPS) is 23.8. The fourth-order valence-corrected chi connectivity index (χ4v) is 0.498. The summed E-state index contributed by atoms with van der Waals surface area (Å²) >= 11 is 0. The molecular formula is C6H9LiO. The molecule has 0 aliphatic carbocycles. The van der Waals surface area contributed by atoms with Gasteiger partial charge in [-0.1, -0.05) is 6.42 Å². The van der Waals surface area contributed by atoms with E-state index in [2.05, 4.69) is 12.7 Å². The molecule has 1 saturated heterocycles. The molecule has 0 radical (unpaired) electrons. The predicted molar refractivity (Wildman–Crippen MR) is 27.8 cm³/mol. The summed E-state index contributed by atoms with van der Waals surface area (Å²) in [4.78, 5) is 0. The van der Waals surface area contributed by atoms with E-state index in [4.69, 9.17) is 4.74 Å². The van der Waals surface area contributed by atoms with Gasteiger partial charge in [0.05, 0.1) is 12.7 Å². The van der Waals surface area contributed by atoms with Crippen molar-refractivity contribution in [2.24, 2.45) is 0 Å². The van der Waals surface area contributed by atoms with Gasteiger partial charge in [-0.05, 0) is 0 Å². The van der Waals surface area contributed by atoms with Crippen LogP contribution in [0.3, 0.4) is 0 Å². The van der Waals surface area contributed by atoms with E-state index < -0.39 is 0 Å². The molecule has 8 heavy (non-hydrogen) atoms. The van der Waals surface area contributed by atoms with Gasteiger partial charge in [-0.3, -0.25) is 6.58 Å². The van der Waals surface area contributed by atoms with Gasteiger partial charge in [0.1, 0.15) is 0 Å². The SMILES string of the molecule is C=[C-]CCC1CO1.[Li+]. The second kappa shape index (κ2) is 4.20. The maximum absolute atomic E-state index is 4.94. The molecule has 40 valence electrons. The van der Waals surface area contributed by atoms with E-state index in [9.17, 15) is 0 Å². The predicted octanol–water partition coefficient (Wildman–Crippen LogP) is -1.84. The zero-order chi connectivity index (χ0) is 5.11. The minimum absolute atomic E-state index is 0. The Bertz CT molecular complexity index is 68.9. The van der Waals surface area contributed by atoms with Crippen LogP contribution in [-0.4, -0.2) is 12.7 Å². The number of ether oxygens (including phenoxy) is 1. The van der Waals surface area contributed by atoms with Gasteiger partial charge in [0.15, 0.2) is 0 Å². The summed E-state index contributed by atoms with van der Waals surface area (Å²) in [7, 11) is 0. The van der Waals surface area contributed by atoms with Crippen molar-refractivity contribution in [1.82, 2.24) is 0 Å². The van der Waals surface area contributed by atoms with Crippen LogP contribution >= 0.6 is 0 Å². The topological polar surface area (TPSA) is 12.5 Å². The number of hydrogen-bond donors (Lipinski definition) is 0. The number of allylic oxidation sites excluding steroid dienone is 1. The second-order valence-electron chi connectivity index (χ2n) is 1.74. The first-order valence-electron chi connectivity index (χ1n) is 2.55. The molecular weight excluding hydrogens is 95.0 g/mol. The molecule has 1 unspecified atom stereocenters. The molecule has 0 spiro atoms. The first kappa shape index (κ1) is 8.30. The number of rotatable bonds is 3. The van der Waals surface area contributed by atoms with E-state index in [0.717, 1.165) is 19.4 Å². The first-order chi connectivity index (χ1) is 3.43. The van der Waals surface area contributed by atoms with Gasteiger partial charge in [0.2, 0.25) is 0 Å². The van der Waals surface area contributed by atoms with E-state index in [-0.39, 0.29) is 18.9 Å². The third-order valence-electron chi connectivity index (χ3n) is 1.05. The van der Waals surface area contributed by atoms with Crippen LogP contribution in [0.2, 0.25) is 0 Å². The zero-order valence-corrected chi connectivity index (χ0v) is 5.31. The quantitative estimate of drug-likeness (QED) is 0.233. The summed E-state index contributed by atoms with van der Waals surface area (Å²) in [5, 5.41) is 0. The summed E-state index contributed by atoms with van der Waals surface area (Å²) in [5.41, 5.74) is 0. The zero-order valence-electron chi connectivity index (χ0n) is 5.31. The Balaban J connectivity index is 0.000000490. The van der Waals surface area contributed by atoms with E-state index in [1.807, 2.05) is 0 Å². The van der Waals surface area contributed by atoms with Crippen molar-refractivity contribution in [3.63, 3.8) is 0 Å². The minimum Gasteiger partial charge on any atom is -0.504 e. The summed E-state index contributed by atoms with van der Waals surface area (Å²) < 4.78 is 4.94. The van der Waals surface area contributed by atoms with Crippen LogP contribution in [0.1, 0.15) is 12.8 Å². The van der Waals surface area contributed by atoms with Gasteiger partial charge >= 0.3 is 18.9 Å². The van der Waals surface area contributed by atoms with Crippen LogP contribution in [0, 0.1) is 6.08 Å². The van der Waals surface area contributed by atoms with Crippen molar-refractivity contribution < 1.29 is 23.6 Å². The maximum atomic E-state index is 4.94. The third-order valence-corrected chi connectivity index (χ3v) is 1.05. The molecule has 1 heterocycles. The van der Waals surface area contributed by atoms with E-state index in [1.165, 1.54) is 0 Å². The molecule has 0 bridgehead atoms. The van der Waals surface area contributed by atoms with Gasteiger partial charge in [-0.15, -0.1) is 0 Å². The van der Waals surface area contributed by atoms with Gasteiger partial charge in [0.25, 0.3) is 0 Å². The third kappa shape index (κ3) is 3.32. The second-order valence-corrected chi connectivity index (χ2v) is 1.74. The Morgan fingerprint density at radius 2 is 2.38 bits per heavy atom. The molecule has 1 fully saturated rings. The van der Waals surface area contributed by atoms with Crippen molar-refractivity contribution in [2.75, 3.05) is 6.61 Å². The molecule has 2 heteroatoms. The fraction of sp³-hybridized carbons (Fsp3) is 0.667. The smallest absolute Gasteiger partial charge is 0.504 e. The minimum atomic E-state index is 0. The molecule has 0 N–H and O–H groups in total. The van der Waals surface area contributed by atoms with Crippen LogP contribution in [-0.2, 0) is 4.74 Å². The maximum Gasteiger partial charge on any atom is 1.00 e. The van der Waals surface area contributed by atoms with Crippen LogP contribution < -0.4 is 18.9 Å². The van der Waals surface area contributed by atoms with Crippen LogP contribution in [0.25, 0.3) is 0 Å². The van der Waals surface area contributed by atoms with E-state index in [0.29, 0.717) is 6.10 Å².